The number of imide groups is 1. The molecule has 0 N–H and O–H groups in total. The molecule has 2 heterocycles. The summed E-state index contributed by atoms with van der Waals surface area (Å²) >= 11 is 0. The molecule has 0 radical (unpaired) electrons. The molecule has 1 aromatic rings. The summed E-state index contributed by atoms with van der Waals surface area (Å²) in [6.45, 7) is 1.61. The van der Waals surface area contributed by atoms with Crippen LogP contribution in [0.2, 0.25) is 0 Å². The van der Waals surface area contributed by atoms with E-state index in [1.165, 1.54) is 4.90 Å². The molecular formula is C15H19N3O5. The van der Waals surface area contributed by atoms with Crippen molar-refractivity contribution in [3.63, 3.8) is 0 Å². The number of rotatable bonds is 5. The highest BCUT2D eigenvalue weighted by atomic mass is 16.5. The first-order valence-corrected chi connectivity index (χ1v) is 7.86. The lowest BCUT2D eigenvalue weighted by Crippen LogP contribution is -2.33. The minimum Gasteiger partial charge on any atom is -0.456 e. The zero-order valence-corrected chi connectivity index (χ0v) is 13.0. The van der Waals surface area contributed by atoms with E-state index < -0.39 is 5.97 Å². The number of aromatic nitrogens is 2. The smallest absolute Gasteiger partial charge is 0.308 e. The van der Waals surface area contributed by atoms with Crippen molar-refractivity contribution >= 4 is 17.8 Å². The van der Waals surface area contributed by atoms with E-state index in [2.05, 4.69) is 10.2 Å². The third-order valence-electron chi connectivity index (χ3n) is 4.40. The molecule has 2 fully saturated rings. The summed E-state index contributed by atoms with van der Waals surface area (Å²) in [5, 5.41) is 7.35. The Morgan fingerprint density at radius 2 is 1.87 bits per heavy atom. The van der Waals surface area contributed by atoms with E-state index in [1.54, 1.807) is 6.92 Å². The maximum Gasteiger partial charge on any atom is 0.308 e. The molecule has 1 saturated heterocycles. The second-order valence-corrected chi connectivity index (χ2v) is 5.95. The quantitative estimate of drug-likeness (QED) is 0.588. The van der Waals surface area contributed by atoms with Gasteiger partial charge < -0.3 is 9.15 Å². The fourth-order valence-corrected chi connectivity index (χ4v) is 3.26. The average molecular weight is 321 g/mol. The molecule has 8 nitrogen and oxygen atoms in total. The highest BCUT2D eigenvalue weighted by Gasteiger charge is 2.47. The van der Waals surface area contributed by atoms with E-state index in [0.717, 1.165) is 25.7 Å². The number of likely N-dealkylation sites (tertiary alicyclic amines) is 1. The second-order valence-electron chi connectivity index (χ2n) is 5.95. The van der Waals surface area contributed by atoms with Gasteiger partial charge in [-0.25, -0.2) is 0 Å². The van der Waals surface area contributed by atoms with Crippen molar-refractivity contribution in [1.82, 2.24) is 15.1 Å². The van der Waals surface area contributed by atoms with Crippen LogP contribution in [-0.4, -0.2) is 39.4 Å². The van der Waals surface area contributed by atoms with Crippen LogP contribution in [0, 0.1) is 18.8 Å². The number of aryl methyl sites for hydroxylation is 1. The van der Waals surface area contributed by atoms with Gasteiger partial charge in [0.15, 0.2) is 6.61 Å². The van der Waals surface area contributed by atoms with E-state index in [-0.39, 0.29) is 49.1 Å². The standard InChI is InChI=1S/C15H19N3O5/c1-9-16-17-12(23-9)8-22-13(19)6-7-18-14(20)10-4-2-3-5-11(10)15(18)21/h10-11H,2-8H2,1H3/t10-,11+. The summed E-state index contributed by atoms with van der Waals surface area (Å²) in [5.74, 6) is -0.541. The average Bonchev–Trinajstić information content (AvgIpc) is 3.07. The molecule has 8 heteroatoms. The Morgan fingerprint density at radius 3 is 2.43 bits per heavy atom. The fraction of sp³-hybridized carbons (Fsp3) is 0.667. The third-order valence-corrected chi connectivity index (χ3v) is 4.40. The van der Waals surface area contributed by atoms with E-state index in [0.29, 0.717) is 5.89 Å². The first-order chi connectivity index (χ1) is 11.1. The lowest BCUT2D eigenvalue weighted by molar-refractivity contribution is -0.147. The summed E-state index contributed by atoms with van der Waals surface area (Å²) in [6, 6.07) is 0. The molecule has 1 aliphatic carbocycles. The van der Waals surface area contributed by atoms with Crippen molar-refractivity contribution in [2.75, 3.05) is 6.54 Å². The highest BCUT2D eigenvalue weighted by Crippen LogP contribution is 2.37. The topological polar surface area (TPSA) is 103 Å². The minimum absolute atomic E-state index is 0.0238. The van der Waals surface area contributed by atoms with Gasteiger partial charge in [0, 0.05) is 13.5 Å². The van der Waals surface area contributed by atoms with Gasteiger partial charge in [0.2, 0.25) is 17.7 Å². The van der Waals surface area contributed by atoms with Gasteiger partial charge >= 0.3 is 5.97 Å². The molecule has 3 rings (SSSR count). The Morgan fingerprint density at radius 1 is 1.22 bits per heavy atom. The van der Waals surface area contributed by atoms with Crippen LogP contribution in [0.25, 0.3) is 0 Å². The van der Waals surface area contributed by atoms with E-state index in [4.69, 9.17) is 9.15 Å². The molecule has 2 atom stereocenters. The van der Waals surface area contributed by atoms with E-state index in [1.807, 2.05) is 0 Å². The van der Waals surface area contributed by atoms with Crippen molar-refractivity contribution in [3.05, 3.63) is 11.8 Å². The van der Waals surface area contributed by atoms with Crippen LogP contribution in [0.5, 0.6) is 0 Å². The van der Waals surface area contributed by atoms with Crippen LogP contribution in [0.15, 0.2) is 4.42 Å². The molecule has 1 aromatic heterocycles. The van der Waals surface area contributed by atoms with Crippen LogP contribution in [0.1, 0.15) is 43.9 Å². The van der Waals surface area contributed by atoms with Gasteiger partial charge in [0.1, 0.15) is 0 Å². The van der Waals surface area contributed by atoms with E-state index >= 15 is 0 Å². The number of esters is 1. The van der Waals surface area contributed by atoms with Crippen molar-refractivity contribution in [1.29, 1.82) is 0 Å². The maximum atomic E-state index is 12.3. The number of hydrogen-bond acceptors (Lipinski definition) is 7. The predicted octanol–water partition coefficient (Wildman–Crippen LogP) is 0.987. The normalized spacial score (nSPS) is 24.0. The van der Waals surface area contributed by atoms with Gasteiger partial charge in [-0.15, -0.1) is 10.2 Å². The summed E-state index contributed by atoms with van der Waals surface area (Å²) in [7, 11) is 0. The van der Waals surface area contributed by atoms with Crippen LogP contribution in [-0.2, 0) is 25.7 Å². The fourth-order valence-electron chi connectivity index (χ4n) is 3.26. The SMILES string of the molecule is Cc1nnc(COC(=O)CCN2C(=O)[C@H]3CCCC[C@H]3C2=O)o1. The summed E-state index contributed by atoms with van der Waals surface area (Å²) in [6.07, 6.45) is 3.49. The van der Waals surface area contributed by atoms with Gasteiger partial charge in [0.25, 0.3) is 5.89 Å². The van der Waals surface area contributed by atoms with Crippen molar-refractivity contribution < 1.29 is 23.5 Å². The van der Waals surface area contributed by atoms with Gasteiger partial charge in [0.05, 0.1) is 18.3 Å². The number of fused-ring (bicyclic) bond motifs is 1. The molecule has 2 amide bonds. The van der Waals surface area contributed by atoms with Crippen LogP contribution < -0.4 is 0 Å². The van der Waals surface area contributed by atoms with Crippen molar-refractivity contribution in [2.24, 2.45) is 11.8 Å². The molecule has 0 spiro atoms. The largest absolute Gasteiger partial charge is 0.456 e. The molecular weight excluding hydrogens is 302 g/mol. The van der Waals surface area contributed by atoms with Crippen LogP contribution >= 0.6 is 0 Å². The Balaban J connectivity index is 1.48. The first kappa shape index (κ1) is 15.6. The van der Waals surface area contributed by atoms with Gasteiger partial charge in [-0.3, -0.25) is 19.3 Å². The zero-order valence-electron chi connectivity index (χ0n) is 13.0. The van der Waals surface area contributed by atoms with Crippen LogP contribution in [0.3, 0.4) is 0 Å². The number of carbonyl (C=O) groups excluding carboxylic acids is 3. The van der Waals surface area contributed by atoms with Gasteiger partial charge in [-0.2, -0.15) is 0 Å². The molecule has 0 bridgehead atoms. The Kier molecular flexibility index (Phi) is 4.40. The molecule has 2 aliphatic rings. The second kappa shape index (κ2) is 6.47. The van der Waals surface area contributed by atoms with Crippen molar-refractivity contribution in [2.45, 2.75) is 45.6 Å². The molecule has 0 unspecified atom stereocenters. The number of ether oxygens (including phenoxy) is 1. The monoisotopic (exact) mass is 321 g/mol. The predicted molar refractivity (Wildman–Crippen MR) is 75.6 cm³/mol. The molecule has 23 heavy (non-hydrogen) atoms. The van der Waals surface area contributed by atoms with Gasteiger partial charge in [-0.05, 0) is 12.8 Å². The summed E-state index contributed by atoms with van der Waals surface area (Å²) < 4.78 is 10.1. The van der Waals surface area contributed by atoms with Gasteiger partial charge in [-0.1, -0.05) is 12.8 Å². The number of amides is 2. The van der Waals surface area contributed by atoms with Crippen molar-refractivity contribution in [3.8, 4) is 0 Å². The van der Waals surface area contributed by atoms with Crippen LogP contribution in [0.4, 0.5) is 0 Å². The maximum absolute atomic E-state index is 12.3. The number of carbonyl (C=O) groups is 3. The number of nitrogens with zero attached hydrogens (tertiary/aromatic N) is 3. The Hall–Kier alpha value is -2.25. The molecule has 124 valence electrons. The molecule has 0 aromatic carbocycles. The highest BCUT2D eigenvalue weighted by molar-refractivity contribution is 6.05. The lowest BCUT2D eigenvalue weighted by Gasteiger charge is -2.19. The summed E-state index contributed by atoms with van der Waals surface area (Å²) in [4.78, 5) is 37.5. The third kappa shape index (κ3) is 3.25. The Labute approximate surface area is 133 Å². The van der Waals surface area contributed by atoms with E-state index in [9.17, 15) is 14.4 Å². The lowest BCUT2D eigenvalue weighted by atomic mass is 9.81. The summed E-state index contributed by atoms with van der Waals surface area (Å²) in [5.41, 5.74) is 0. The Bertz CT molecular complexity index is 602. The first-order valence-electron chi connectivity index (χ1n) is 7.86. The zero-order chi connectivity index (χ0) is 16.4. The minimum atomic E-state index is -0.503. The molecule has 1 saturated carbocycles. The number of hydrogen-bond donors (Lipinski definition) is 0. The molecule has 1 aliphatic heterocycles.